The van der Waals surface area contributed by atoms with Gasteiger partial charge in [-0.15, -0.1) is 0 Å². The zero-order valence-corrected chi connectivity index (χ0v) is 47.9. The van der Waals surface area contributed by atoms with Gasteiger partial charge in [0, 0.05) is 67.2 Å². The third kappa shape index (κ3) is 11.3. The Labute approximate surface area is 486 Å². The number of nitrogens with zero attached hydrogens (tertiary/aromatic N) is 6. The molecule has 432 valence electrons. The molecule has 3 aromatic carbocycles. The predicted molar refractivity (Wildman–Crippen MR) is 316 cm³/mol. The number of nitrogens with one attached hydrogen (secondary N) is 4. The van der Waals surface area contributed by atoms with Crippen molar-refractivity contribution in [1.29, 1.82) is 0 Å². The van der Waals surface area contributed by atoms with Gasteiger partial charge in [-0.1, -0.05) is 93.0 Å². The summed E-state index contributed by atoms with van der Waals surface area (Å²) < 4.78 is 3.04. The van der Waals surface area contributed by atoms with Gasteiger partial charge in [0.05, 0.1) is 33.0 Å². The molecule has 5 N–H and O–H groups in total. The zero-order chi connectivity index (χ0) is 57.4. The lowest BCUT2D eigenvalue weighted by Crippen LogP contribution is -2.58. The van der Waals surface area contributed by atoms with Crippen LogP contribution in [0.5, 0.6) is 0 Å². The van der Waals surface area contributed by atoms with E-state index in [4.69, 9.17) is 10.1 Å². The summed E-state index contributed by atoms with van der Waals surface area (Å²) in [5.74, 6) is -1.62. The number of carboxylic acid groups (broad SMARTS) is 1. The van der Waals surface area contributed by atoms with E-state index in [1.54, 1.807) is 24.4 Å². The molecule has 4 bridgehead atoms. The maximum atomic E-state index is 14.2. The van der Waals surface area contributed by atoms with Crippen LogP contribution >= 0.6 is 11.3 Å². The van der Waals surface area contributed by atoms with Gasteiger partial charge < -0.3 is 20.6 Å². The molecule has 7 aliphatic rings. The first-order chi connectivity index (χ1) is 40.2. The molecule has 3 atom stereocenters. The molecule has 0 radical (unpaired) electrons. The Morgan fingerprint density at radius 3 is 2.25 bits per heavy atom. The number of carboxylic acids is 1. The molecule has 1 saturated heterocycles. The van der Waals surface area contributed by atoms with Crippen molar-refractivity contribution in [1.82, 2.24) is 35.3 Å². The number of aromatic nitrogens is 4. The average molecular weight is 1140 g/mol. The number of imide groups is 2. The lowest BCUT2D eigenvalue weighted by Gasteiger charge is -2.61. The van der Waals surface area contributed by atoms with E-state index >= 15 is 0 Å². The fourth-order valence-electron chi connectivity index (χ4n) is 15.1. The third-order valence-electron chi connectivity index (χ3n) is 18.7. The highest BCUT2D eigenvalue weighted by molar-refractivity contribution is 7.22. The number of anilines is 3. The maximum Gasteiger partial charge on any atom is 0.355 e. The second-order valence-corrected chi connectivity index (χ2v) is 25.4. The van der Waals surface area contributed by atoms with Crippen molar-refractivity contribution >= 4 is 79.6 Å². The molecule has 3 aromatic heterocycles. The highest BCUT2D eigenvalue weighted by Gasteiger charge is 2.60. The molecule has 4 aliphatic carbocycles. The standard InChI is InChI=1S/C64H72N10O8S/c1-39-46(43-22-24-52(69-55(43)60(80)81)72-29-26-42-16-14-17-44(47(42)36-72)56(76)71-62-68-48-19-10-11-21-51(48)83-62)35-67-73(39)38-63-31-40-30-41(32-63)34-64(33-40,37-63)61(82)66-28-13-9-7-5-3-2-4-6-8-12-27-65-49-20-15-18-45-54(49)59(79)74(58(45)78)50-23-25-53(75)70-57(50)77/h10-11,14-22,24,35,40-41,50,65H,2-9,12-13,23,25-34,36-38H2,1H3,(H,66,82)(H,80,81)(H,68,71,76)(H,70,75,77)/t40?,41?,50?,63-,64-. The van der Waals surface area contributed by atoms with Crippen molar-refractivity contribution in [3.8, 4) is 11.1 Å². The summed E-state index contributed by atoms with van der Waals surface area (Å²) in [5.41, 5.74) is 6.16. The van der Waals surface area contributed by atoms with E-state index < -0.39 is 35.6 Å². The van der Waals surface area contributed by atoms with Crippen molar-refractivity contribution in [2.75, 3.05) is 35.2 Å². The van der Waals surface area contributed by atoms with Crippen LogP contribution in [0, 0.1) is 29.6 Å². The first kappa shape index (κ1) is 55.7. The Balaban J connectivity index is 0.580. The topological polar surface area (TPSA) is 238 Å². The van der Waals surface area contributed by atoms with Crippen molar-refractivity contribution in [3.05, 3.63) is 118 Å². The van der Waals surface area contributed by atoms with E-state index in [0.29, 0.717) is 78.7 Å². The molecule has 13 rings (SSSR count). The van der Waals surface area contributed by atoms with Crippen LogP contribution in [0.25, 0.3) is 21.3 Å². The van der Waals surface area contributed by atoms with Crippen molar-refractivity contribution in [2.24, 2.45) is 22.7 Å². The first-order valence-corrected chi connectivity index (χ1v) is 30.7. The van der Waals surface area contributed by atoms with Crippen molar-refractivity contribution in [3.63, 3.8) is 0 Å². The van der Waals surface area contributed by atoms with Gasteiger partial charge in [0.15, 0.2) is 10.8 Å². The normalized spacial score (nSPS) is 22.4. The summed E-state index contributed by atoms with van der Waals surface area (Å²) in [7, 11) is 0. The molecule has 83 heavy (non-hydrogen) atoms. The Kier molecular flexibility index (Phi) is 15.7. The number of hydrogen-bond acceptors (Lipinski definition) is 13. The molecule has 0 spiro atoms. The highest BCUT2D eigenvalue weighted by atomic mass is 32.1. The van der Waals surface area contributed by atoms with Crippen molar-refractivity contribution in [2.45, 2.75) is 148 Å². The van der Waals surface area contributed by atoms with Gasteiger partial charge in [-0.25, -0.2) is 14.8 Å². The second kappa shape index (κ2) is 23.5. The lowest BCUT2D eigenvalue weighted by atomic mass is 9.44. The molecule has 3 unspecified atom stereocenters. The molecule has 4 saturated carbocycles. The van der Waals surface area contributed by atoms with Crippen LogP contribution in [0.1, 0.15) is 174 Å². The molecule has 6 heterocycles. The van der Waals surface area contributed by atoms with E-state index in [0.717, 1.165) is 115 Å². The fourth-order valence-corrected chi connectivity index (χ4v) is 16.0. The quantitative estimate of drug-likeness (QED) is 0.0297. The number of para-hydroxylation sites is 1. The number of thiazole rings is 1. The first-order valence-electron chi connectivity index (χ1n) is 29.9. The van der Waals surface area contributed by atoms with Gasteiger partial charge in [0.25, 0.3) is 17.7 Å². The van der Waals surface area contributed by atoms with Gasteiger partial charge in [0.1, 0.15) is 11.9 Å². The van der Waals surface area contributed by atoms with E-state index in [-0.39, 0.29) is 52.3 Å². The molecule has 18 nitrogen and oxygen atoms in total. The third-order valence-corrected chi connectivity index (χ3v) is 19.6. The minimum absolute atomic E-state index is 0.0439. The number of benzene rings is 3. The van der Waals surface area contributed by atoms with Crippen LogP contribution in [-0.4, -0.2) is 96.8 Å². The SMILES string of the molecule is Cc1c(-c2ccc(N3CCc4cccc(C(=O)Nc5nc6ccccc6s5)c4C3)nc2C(=O)O)cnn1C[C@]12CC3CC(C1)C[C@](C(=O)NCCCCCCCCCCCCNc1cccc4c1C(=O)N(C1CCC(=O)NC1=O)C4=O)(C3)C2. The van der Waals surface area contributed by atoms with E-state index in [9.17, 15) is 38.7 Å². The molecule has 5 fully saturated rings. The predicted octanol–water partition coefficient (Wildman–Crippen LogP) is 10.5. The molecule has 6 amide bonds. The number of carbonyl (C=O) groups excluding carboxylic acids is 6. The number of rotatable bonds is 23. The molecule has 3 aliphatic heterocycles. The lowest BCUT2D eigenvalue weighted by molar-refractivity contribution is -0.159. The number of pyridine rings is 1. The van der Waals surface area contributed by atoms with Gasteiger partial charge in [0.2, 0.25) is 17.7 Å². The van der Waals surface area contributed by atoms with Crippen LogP contribution < -0.4 is 26.2 Å². The minimum Gasteiger partial charge on any atom is -0.476 e. The number of carbonyl (C=O) groups is 7. The molecular formula is C64H72N10O8S. The summed E-state index contributed by atoms with van der Waals surface area (Å²) in [6.45, 7) is 5.06. The number of unbranched alkanes of at least 4 members (excludes halogenated alkanes) is 9. The van der Waals surface area contributed by atoms with Gasteiger partial charge in [-0.3, -0.25) is 49.0 Å². The molecule has 19 heteroatoms. The Morgan fingerprint density at radius 2 is 1.51 bits per heavy atom. The van der Waals surface area contributed by atoms with Gasteiger partial charge >= 0.3 is 5.97 Å². The summed E-state index contributed by atoms with van der Waals surface area (Å²) in [5, 5.41) is 28.1. The number of hydrogen-bond donors (Lipinski definition) is 5. The molecule has 6 aromatic rings. The zero-order valence-electron chi connectivity index (χ0n) is 47.1. The van der Waals surface area contributed by atoms with Crippen LogP contribution in [0.15, 0.2) is 79.0 Å². The molecular weight excluding hydrogens is 1070 g/mol. The summed E-state index contributed by atoms with van der Waals surface area (Å²) in [6.07, 6.45) is 19.7. The highest BCUT2D eigenvalue weighted by Crippen LogP contribution is 2.66. The monoisotopic (exact) mass is 1140 g/mol. The number of amides is 6. The summed E-state index contributed by atoms with van der Waals surface area (Å²) >= 11 is 1.43. The van der Waals surface area contributed by atoms with Crippen molar-refractivity contribution < 1.29 is 38.7 Å². The summed E-state index contributed by atoms with van der Waals surface area (Å²) in [6, 6.07) is 21.4. The van der Waals surface area contributed by atoms with Crippen LogP contribution in [-0.2, 0) is 33.9 Å². The van der Waals surface area contributed by atoms with Crippen LogP contribution in [0.4, 0.5) is 16.6 Å². The Morgan fingerprint density at radius 1 is 0.771 bits per heavy atom. The smallest absolute Gasteiger partial charge is 0.355 e. The largest absolute Gasteiger partial charge is 0.476 e. The number of piperidine rings is 1. The van der Waals surface area contributed by atoms with Crippen LogP contribution in [0.2, 0.25) is 0 Å². The second-order valence-electron chi connectivity index (χ2n) is 24.4. The van der Waals surface area contributed by atoms with Crippen LogP contribution in [0.3, 0.4) is 0 Å². The Bertz CT molecular complexity index is 3510. The maximum absolute atomic E-state index is 14.2. The van der Waals surface area contributed by atoms with E-state index in [1.807, 2.05) is 71.1 Å². The van der Waals surface area contributed by atoms with Gasteiger partial charge in [-0.2, -0.15) is 5.10 Å². The number of fused-ring (bicyclic) bond motifs is 3. The summed E-state index contributed by atoms with van der Waals surface area (Å²) in [4.78, 5) is 104. The van der Waals surface area contributed by atoms with Gasteiger partial charge in [-0.05, 0) is 142 Å². The number of aromatic carboxylic acids is 1. The van der Waals surface area contributed by atoms with E-state index in [1.165, 1.54) is 37.0 Å². The average Bonchev–Trinajstić information content (AvgIpc) is 1.66. The van der Waals surface area contributed by atoms with E-state index in [2.05, 4.69) is 26.3 Å². The fraction of sp³-hybridized carbons (Fsp3) is 0.469. The Hall–Kier alpha value is -7.80. The minimum atomic E-state index is -1.12.